The van der Waals surface area contributed by atoms with Crippen LogP contribution in [0.5, 0.6) is 5.75 Å². The van der Waals surface area contributed by atoms with E-state index in [0.29, 0.717) is 24.2 Å². The Morgan fingerprint density at radius 3 is 2.83 bits per heavy atom. The number of amides is 1. The van der Waals surface area contributed by atoms with Gasteiger partial charge in [-0.2, -0.15) is 4.99 Å². The van der Waals surface area contributed by atoms with Crippen molar-refractivity contribution in [3.05, 3.63) is 71.0 Å². The van der Waals surface area contributed by atoms with Gasteiger partial charge in [0.05, 0.1) is 12.1 Å². The van der Waals surface area contributed by atoms with Crippen LogP contribution in [0, 0.1) is 5.41 Å². The number of ether oxygens (including phenoxy) is 1. The highest BCUT2D eigenvalue weighted by Gasteiger charge is 2.31. The minimum Gasteiger partial charge on any atom is -0.492 e. The quantitative estimate of drug-likeness (QED) is 0.650. The van der Waals surface area contributed by atoms with Crippen molar-refractivity contribution < 1.29 is 9.53 Å². The highest BCUT2D eigenvalue weighted by atomic mass is 32.2. The minimum atomic E-state index is -0.382. The fourth-order valence-corrected chi connectivity index (χ4v) is 4.04. The van der Waals surface area contributed by atoms with E-state index < -0.39 is 0 Å². The Balaban J connectivity index is 1.42. The lowest BCUT2D eigenvalue weighted by Crippen LogP contribution is -2.35. The third-order valence-electron chi connectivity index (χ3n) is 5.33. The maximum absolute atomic E-state index is 12.4. The molecule has 6 nitrogen and oxygen atoms in total. The molecular formula is C23H24N4O2S. The topological polar surface area (TPSA) is 70.7 Å². The minimum absolute atomic E-state index is 0.150. The van der Waals surface area contributed by atoms with E-state index in [0.717, 1.165) is 17.9 Å². The second kappa shape index (κ2) is 8.75. The molecule has 0 radical (unpaired) electrons. The Bertz CT molecular complexity index is 1050. The molecule has 2 aliphatic rings. The first-order valence-electron chi connectivity index (χ1n) is 10.0. The number of aromatic nitrogens is 1. The van der Waals surface area contributed by atoms with E-state index in [1.807, 2.05) is 40.4 Å². The molecule has 1 atom stereocenters. The molecule has 0 saturated heterocycles. The molecule has 0 saturated carbocycles. The molecule has 4 rings (SSSR count). The van der Waals surface area contributed by atoms with Crippen LogP contribution in [0.15, 0.2) is 64.8 Å². The zero-order valence-electron chi connectivity index (χ0n) is 17.0. The van der Waals surface area contributed by atoms with E-state index in [-0.39, 0.29) is 17.3 Å². The number of amidine groups is 2. The van der Waals surface area contributed by atoms with Crippen molar-refractivity contribution in [3.63, 3.8) is 0 Å². The largest absolute Gasteiger partial charge is 0.492 e. The van der Waals surface area contributed by atoms with Gasteiger partial charge in [0.25, 0.3) is 5.91 Å². The van der Waals surface area contributed by atoms with Crippen LogP contribution in [0.25, 0.3) is 6.08 Å². The molecule has 3 heterocycles. The Labute approximate surface area is 180 Å². The third-order valence-corrected chi connectivity index (χ3v) is 6.09. The van der Waals surface area contributed by atoms with Gasteiger partial charge in [-0.25, -0.2) is 0 Å². The van der Waals surface area contributed by atoms with E-state index in [4.69, 9.17) is 10.1 Å². The van der Waals surface area contributed by atoms with Gasteiger partial charge in [-0.15, -0.1) is 0 Å². The van der Waals surface area contributed by atoms with Crippen LogP contribution >= 0.6 is 11.8 Å². The first kappa shape index (κ1) is 20.2. The summed E-state index contributed by atoms with van der Waals surface area (Å²) in [6.45, 7) is 5.55. The zero-order valence-corrected chi connectivity index (χ0v) is 17.9. The number of hydrogen-bond donors (Lipinski definition) is 1. The lowest BCUT2D eigenvalue weighted by Gasteiger charge is -2.22. The molecule has 154 valence electrons. The van der Waals surface area contributed by atoms with Gasteiger partial charge in [-0.05, 0) is 53.7 Å². The number of benzene rings is 1. The van der Waals surface area contributed by atoms with Crippen molar-refractivity contribution in [2.75, 3.05) is 6.61 Å². The van der Waals surface area contributed by atoms with Crippen molar-refractivity contribution in [3.8, 4) is 5.75 Å². The molecule has 1 aromatic carbocycles. The second-order valence-electron chi connectivity index (χ2n) is 7.23. The van der Waals surface area contributed by atoms with Crippen LogP contribution < -0.4 is 4.74 Å². The van der Waals surface area contributed by atoms with E-state index in [1.165, 1.54) is 17.3 Å². The van der Waals surface area contributed by atoms with E-state index in [1.54, 1.807) is 17.2 Å². The van der Waals surface area contributed by atoms with Gasteiger partial charge in [0.2, 0.25) is 0 Å². The molecule has 2 aliphatic heterocycles. The van der Waals surface area contributed by atoms with Gasteiger partial charge in [0, 0.05) is 18.1 Å². The first-order valence-corrected chi connectivity index (χ1v) is 10.9. The van der Waals surface area contributed by atoms with Crippen molar-refractivity contribution >= 4 is 34.7 Å². The Kier molecular flexibility index (Phi) is 5.90. The monoisotopic (exact) mass is 420 g/mol. The molecule has 2 aromatic rings. The summed E-state index contributed by atoms with van der Waals surface area (Å²) in [5.41, 5.74) is 2.45. The smallest absolute Gasteiger partial charge is 0.283 e. The van der Waals surface area contributed by atoms with Crippen molar-refractivity contribution in [2.24, 2.45) is 4.99 Å². The molecule has 1 aromatic heterocycles. The maximum Gasteiger partial charge on any atom is 0.283 e. The lowest BCUT2D eigenvalue weighted by atomic mass is 9.99. The Hall–Kier alpha value is -3.06. The molecule has 0 spiro atoms. The molecule has 30 heavy (non-hydrogen) atoms. The fourth-order valence-electron chi connectivity index (χ4n) is 3.33. The maximum atomic E-state index is 12.4. The Morgan fingerprint density at radius 2 is 2.07 bits per heavy atom. The molecular weight excluding hydrogens is 396 g/mol. The molecule has 0 bridgehead atoms. The predicted molar refractivity (Wildman–Crippen MR) is 122 cm³/mol. The van der Waals surface area contributed by atoms with Crippen LogP contribution in [0.2, 0.25) is 0 Å². The number of carbonyl (C=O) groups is 1. The number of rotatable bonds is 7. The van der Waals surface area contributed by atoms with E-state index >= 15 is 0 Å². The van der Waals surface area contributed by atoms with Crippen molar-refractivity contribution in [1.29, 1.82) is 5.41 Å². The second-order valence-corrected chi connectivity index (χ2v) is 8.11. The van der Waals surface area contributed by atoms with Crippen LogP contribution in [-0.2, 0) is 11.3 Å². The van der Waals surface area contributed by atoms with Crippen molar-refractivity contribution in [1.82, 2.24) is 9.47 Å². The number of fused-ring (bicyclic) bond motifs is 1. The summed E-state index contributed by atoms with van der Waals surface area (Å²) in [5.74, 6) is 1.16. The fraction of sp³-hybridized carbons (Fsp3) is 0.261. The van der Waals surface area contributed by atoms with E-state index in [9.17, 15) is 4.79 Å². The average Bonchev–Trinajstić information content (AvgIpc) is 3.40. The normalized spacial score (nSPS) is 18.0. The molecule has 7 heteroatoms. The van der Waals surface area contributed by atoms with Crippen LogP contribution in [0.3, 0.4) is 0 Å². The predicted octanol–water partition coefficient (Wildman–Crippen LogP) is 4.86. The Morgan fingerprint density at radius 1 is 1.27 bits per heavy atom. The molecule has 0 unspecified atom stereocenters. The number of carbonyl (C=O) groups excluding carboxylic acids is 1. The van der Waals surface area contributed by atoms with Crippen LogP contribution in [0.1, 0.15) is 37.4 Å². The number of nitrogens with zero attached hydrogens (tertiary/aromatic N) is 3. The van der Waals surface area contributed by atoms with Gasteiger partial charge in [0.1, 0.15) is 18.2 Å². The van der Waals surface area contributed by atoms with Crippen molar-refractivity contribution in [2.45, 2.75) is 32.7 Å². The number of aliphatic imine (C=N–C) groups is 1. The van der Waals surface area contributed by atoms with Gasteiger partial charge >= 0.3 is 0 Å². The molecule has 0 aliphatic carbocycles. The number of thioether (sulfide) groups is 1. The highest BCUT2D eigenvalue weighted by molar-refractivity contribution is 8.16. The number of hydrogen-bond acceptors (Lipinski definition) is 4. The molecule has 1 amide bonds. The summed E-state index contributed by atoms with van der Waals surface area (Å²) >= 11 is 1.34. The molecule has 1 N–H and O–H groups in total. The van der Waals surface area contributed by atoms with Gasteiger partial charge in [-0.1, -0.05) is 37.7 Å². The van der Waals surface area contributed by atoms with Crippen LogP contribution in [-0.4, -0.2) is 33.0 Å². The van der Waals surface area contributed by atoms with Gasteiger partial charge in [0.15, 0.2) is 5.17 Å². The summed E-state index contributed by atoms with van der Waals surface area (Å²) in [6, 6.07) is 12.1. The van der Waals surface area contributed by atoms with Crippen LogP contribution in [0.4, 0.5) is 0 Å². The summed E-state index contributed by atoms with van der Waals surface area (Å²) in [7, 11) is 0. The summed E-state index contributed by atoms with van der Waals surface area (Å²) < 4.78 is 7.91. The van der Waals surface area contributed by atoms with Gasteiger partial charge in [-0.3, -0.25) is 15.1 Å². The zero-order chi connectivity index (χ0) is 21.1. The standard InChI is InChI=1S/C23H24N4O2S/c1-3-16(2)17-6-8-19(9-7-17)29-13-11-26-10-4-5-18(26)15-20-21(24)27-12-14-30-23(27)25-22(20)28/h4-10,12,14-16,24H,3,11,13H2,1-2H3/b20-15-,24-21?/t16-/m1/s1. The summed E-state index contributed by atoms with van der Waals surface area (Å²) in [4.78, 5) is 18.1. The van der Waals surface area contributed by atoms with Gasteiger partial charge < -0.3 is 9.30 Å². The average molecular weight is 421 g/mol. The third kappa shape index (κ3) is 4.11. The molecule has 0 fully saturated rings. The number of nitrogens with one attached hydrogen (secondary N) is 1. The summed E-state index contributed by atoms with van der Waals surface area (Å²) in [5, 5.41) is 10.7. The first-order chi connectivity index (χ1) is 14.6. The van der Waals surface area contributed by atoms with E-state index in [2.05, 4.69) is 31.0 Å². The highest BCUT2D eigenvalue weighted by Crippen LogP contribution is 2.27. The summed E-state index contributed by atoms with van der Waals surface area (Å²) in [6.07, 6.45) is 6.54. The lowest BCUT2D eigenvalue weighted by molar-refractivity contribution is -0.114. The SMILES string of the molecule is CC[C@@H](C)c1ccc(OCCn2cccc2/C=C2/C(=N)N3C=CSC3=NC2=O)cc1.